The topological polar surface area (TPSA) is 22.1 Å². The first kappa shape index (κ1) is 14.2. The molecule has 1 aromatic heterocycles. The van der Waals surface area contributed by atoms with E-state index in [4.69, 9.17) is 4.74 Å². The zero-order valence-corrected chi connectivity index (χ0v) is 11.7. The van der Waals surface area contributed by atoms with Crippen molar-refractivity contribution in [2.45, 2.75) is 6.61 Å². The van der Waals surface area contributed by atoms with E-state index in [0.717, 1.165) is 5.56 Å². The standard InChI is InChI=1S/C18H13F2NO/c19-16-11-14(22-12-13-5-2-1-3-6-13)9-10-15(16)17-7-4-8-18(20)21-17/h1-11H,12H2. The van der Waals surface area contributed by atoms with Crippen molar-refractivity contribution in [3.8, 4) is 17.0 Å². The van der Waals surface area contributed by atoms with E-state index in [-0.39, 0.29) is 11.3 Å². The number of hydrogen-bond donors (Lipinski definition) is 0. The second-order valence-electron chi connectivity index (χ2n) is 4.76. The molecule has 2 nitrogen and oxygen atoms in total. The van der Waals surface area contributed by atoms with Gasteiger partial charge >= 0.3 is 0 Å². The Morgan fingerprint density at radius 1 is 0.864 bits per heavy atom. The summed E-state index contributed by atoms with van der Waals surface area (Å²) in [6, 6.07) is 18.4. The zero-order chi connectivity index (χ0) is 15.4. The Labute approximate surface area is 127 Å². The molecule has 1 heterocycles. The van der Waals surface area contributed by atoms with E-state index in [2.05, 4.69) is 4.98 Å². The van der Waals surface area contributed by atoms with Gasteiger partial charge < -0.3 is 4.74 Å². The third-order valence-electron chi connectivity index (χ3n) is 3.18. The Hall–Kier alpha value is -2.75. The molecule has 0 saturated heterocycles. The molecule has 2 aromatic carbocycles. The van der Waals surface area contributed by atoms with Crippen molar-refractivity contribution in [3.63, 3.8) is 0 Å². The van der Waals surface area contributed by atoms with Crippen LogP contribution in [-0.2, 0) is 6.61 Å². The average molecular weight is 297 g/mol. The largest absolute Gasteiger partial charge is 0.489 e. The molecule has 0 saturated carbocycles. The second-order valence-corrected chi connectivity index (χ2v) is 4.76. The third-order valence-corrected chi connectivity index (χ3v) is 3.18. The van der Waals surface area contributed by atoms with Gasteiger partial charge in [-0.1, -0.05) is 36.4 Å². The molecule has 0 spiro atoms. The van der Waals surface area contributed by atoms with E-state index >= 15 is 0 Å². The highest BCUT2D eigenvalue weighted by atomic mass is 19.1. The minimum absolute atomic E-state index is 0.242. The van der Waals surface area contributed by atoms with Crippen LogP contribution in [0.1, 0.15) is 5.56 Å². The van der Waals surface area contributed by atoms with Crippen molar-refractivity contribution in [1.82, 2.24) is 4.98 Å². The van der Waals surface area contributed by atoms with Crippen molar-refractivity contribution >= 4 is 0 Å². The lowest BCUT2D eigenvalue weighted by molar-refractivity contribution is 0.304. The molecule has 0 bridgehead atoms. The van der Waals surface area contributed by atoms with Crippen molar-refractivity contribution in [3.05, 3.63) is 84.1 Å². The Morgan fingerprint density at radius 3 is 2.41 bits per heavy atom. The molecule has 0 N–H and O–H groups in total. The molecule has 0 aliphatic heterocycles. The van der Waals surface area contributed by atoms with Crippen LogP contribution >= 0.6 is 0 Å². The number of hydrogen-bond acceptors (Lipinski definition) is 2. The van der Waals surface area contributed by atoms with E-state index in [1.54, 1.807) is 12.1 Å². The van der Waals surface area contributed by atoms with Crippen LogP contribution in [0.5, 0.6) is 5.75 Å². The Morgan fingerprint density at radius 2 is 1.68 bits per heavy atom. The highest BCUT2D eigenvalue weighted by Crippen LogP contribution is 2.25. The molecule has 22 heavy (non-hydrogen) atoms. The van der Waals surface area contributed by atoms with E-state index in [1.165, 1.54) is 24.3 Å². The summed E-state index contributed by atoms with van der Waals surface area (Å²) < 4.78 is 32.8. The van der Waals surface area contributed by atoms with Gasteiger partial charge in [0, 0.05) is 11.6 Å². The monoisotopic (exact) mass is 297 g/mol. The molecule has 3 rings (SSSR count). The minimum Gasteiger partial charge on any atom is -0.489 e. The second kappa shape index (κ2) is 6.35. The lowest BCUT2D eigenvalue weighted by Crippen LogP contribution is -1.96. The summed E-state index contributed by atoms with van der Waals surface area (Å²) in [6.45, 7) is 0.359. The maximum absolute atomic E-state index is 14.2. The van der Waals surface area contributed by atoms with Crippen LogP contribution in [-0.4, -0.2) is 4.98 Å². The van der Waals surface area contributed by atoms with Crippen LogP contribution in [0.15, 0.2) is 66.7 Å². The third kappa shape index (κ3) is 3.28. The number of rotatable bonds is 4. The molecular weight excluding hydrogens is 284 g/mol. The summed E-state index contributed by atoms with van der Waals surface area (Å²) in [6.07, 6.45) is 0. The fourth-order valence-electron chi connectivity index (χ4n) is 2.09. The predicted octanol–water partition coefficient (Wildman–Crippen LogP) is 4.61. The number of benzene rings is 2. The van der Waals surface area contributed by atoms with Gasteiger partial charge in [0.15, 0.2) is 0 Å². The first-order valence-corrected chi connectivity index (χ1v) is 6.81. The van der Waals surface area contributed by atoms with Crippen molar-refractivity contribution in [1.29, 1.82) is 0 Å². The fourth-order valence-corrected chi connectivity index (χ4v) is 2.09. The molecule has 0 aliphatic rings. The maximum Gasteiger partial charge on any atom is 0.213 e. The minimum atomic E-state index is -0.638. The summed E-state index contributed by atoms with van der Waals surface area (Å²) in [5, 5.41) is 0. The highest BCUT2D eigenvalue weighted by Gasteiger charge is 2.09. The predicted molar refractivity (Wildman–Crippen MR) is 80.4 cm³/mol. The van der Waals surface area contributed by atoms with E-state index in [1.807, 2.05) is 30.3 Å². The summed E-state index contributed by atoms with van der Waals surface area (Å²) in [4.78, 5) is 3.68. The van der Waals surface area contributed by atoms with Gasteiger partial charge in [0.25, 0.3) is 0 Å². The number of pyridine rings is 1. The summed E-state index contributed by atoms with van der Waals surface area (Å²) in [5.74, 6) is -0.716. The van der Waals surface area contributed by atoms with Gasteiger partial charge in [-0.2, -0.15) is 4.39 Å². The zero-order valence-electron chi connectivity index (χ0n) is 11.7. The molecule has 110 valence electrons. The maximum atomic E-state index is 14.2. The fraction of sp³-hybridized carbons (Fsp3) is 0.0556. The smallest absolute Gasteiger partial charge is 0.213 e. The molecule has 3 aromatic rings. The number of aromatic nitrogens is 1. The first-order chi connectivity index (χ1) is 10.7. The van der Waals surface area contributed by atoms with E-state index < -0.39 is 11.8 Å². The Bertz CT molecular complexity index is 775. The average Bonchev–Trinajstić information content (AvgIpc) is 2.54. The first-order valence-electron chi connectivity index (χ1n) is 6.81. The SMILES string of the molecule is Fc1cccc(-c2ccc(OCc3ccccc3)cc2F)n1. The summed E-state index contributed by atoms with van der Waals surface area (Å²) in [7, 11) is 0. The van der Waals surface area contributed by atoms with E-state index in [9.17, 15) is 8.78 Å². The van der Waals surface area contributed by atoms with Crippen molar-refractivity contribution < 1.29 is 13.5 Å². The summed E-state index contributed by atoms with van der Waals surface area (Å²) in [5.41, 5.74) is 1.50. The van der Waals surface area contributed by atoms with Gasteiger partial charge in [0.2, 0.25) is 5.95 Å². The van der Waals surface area contributed by atoms with Crippen LogP contribution in [0.3, 0.4) is 0 Å². The lowest BCUT2D eigenvalue weighted by atomic mass is 10.1. The Kier molecular flexibility index (Phi) is 4.10. The van der Waals surface area contributed by atoms with Crippen LogP contribution in [0.4, 0.5) is 8.78 Å². The molecule has 0 unspecified atom stereocenters. The van der Waals surface area contributed by atoms with Crippen LogP contribution in [0.2, 0.25) is 0 Å². The normalized spacial score (nSPS) is 10.5. The number of ether oxygens (including phenoxy) is 1. The van der Waals surface area contributed by atoms with Crippen LogP contribution in [0.25, 0.3) is 11.3 Å². The van der Waals surface area contributed by atoms with Gasteiger partial charge in [0.05, 0.1) is 5.69 Å². The van der Waals surface area contributed by atoms with E-state index in [0.29, 0.717) is 12.4 Å². The summed E-state index contributed by atoms with van der Waals surface area (Å²) >= 11 is 0. The quantitative estimate of drug-likeness (QED) is 0.656. The van der Waals surface area contributed by atoms with Gasteiger partial charge in [0.1, 0.15) is 18.2 Å². The molecule has 0 amide bonds. The highest BCUT2D eigenvalue weighted by molar-refractivity contribution is 5.60. The molecular formula is C18H13F2NO. The lowest BCUT2D eigenvalue weighted by Gasteiger charge is -2.08. The molecule has 4 heteroatoms. The molecule has 0 radical (unpaired) electrons. The number of halogens is 2. The molecule has 0 atom stereocenters. The van der Waals surface area contributed by atoms with Gasteiger partial charge in [-0.15, -0.1) is 0 Å². The van der Waals surface area contributed by atoms with Crippen molar-refractivity contribution in [2.24, 2.45) is 0 Å². The van der Waals surface area contributed by atoms with Crippen LogP contribution < -0.4 is 4.74 Å². The van der Waals surface area contributed by atoms with Crippen molar-refractivity contribution in [2.75, 3.05) is 0 Å². The van der Waals surface area contributed by atoms with Gasteiger partial charge in [-0.3, -0.25) is 0 Å². The molecule has 0 fully saturated rings. The number of nitrogens with zero attached hydrogens (tertiary/aromatic N) is 1. The van der Waals surface area contributed by atoms with Crippen LogP contribution in [0, 0.1) is 11.8 Å². The van der Waals surface area contributed by atoms with Gasteiger partial charge in [-0.05, 0) is 29.8 Å². The Balaban J connectivity index is 1.77. The molecule has 0 aliphatic carbocycles. The van der Waals surface area contributed by atoms with Gasteiger partial charge in [-0.25, -0.2) is 9.37 Å².